The Morgan fingerprint density at radius 2 is 1.52 bits per heavy atom. The summed E-state index contributed by atoms with van der Waals surface area (Å²) < 4.78 is 25.3. The van der Waals surface area contributed by atoms with Gasteiger partial charge in [0.15, 0.2) is 9.84 Å². The number of likely N-dealkylation sites (tertiary alicyclic amines) is 1. The summed E-state index contributed by atoms with van der Waals surface area (Å²) in [5.74, 6) is 0.180. The number of primary amides is 1. The van der Waals surface area contributed by atoms with Gasteiger partial charge in [-0.3, -0.25) is 0 Å². The quantitative estimate of drug-likeness (QED) is 0.912. The van der Waals surface area contributed by atoms with Crippen LogP contribution in [0.4, 0.5) is 4.79 Å². The summed E-state index contributed by atoms with van der Waals surface area (Å²) in [4.78, 5) is 13.1. The minimum Gasteiger partial charge on any atom is -0.351 e. The molecule has 6 heteroatoms. The van der Waals surface area contributed by atoms with Crippen molar-refractivity contribution in [3.8, 4) is 11.1 Å². The van der Waals surface area contributed by atoms with Crippen LogP contribution in [0, 0.1) is 5.92 Å². The highest BCUT2D eigenvalue weighted by atomic mass is 32.2. The Kier molecular flexibility index (Phi) is 5.08. The summed E-state index contributed by atoms with van der Waals surface area (Å²) in [6.07, 6.45) is 1.34. The number of nitrogens with zero attached hydrogens (tertiary/aromatic N) is 1. The number of carbonyl (C=O) groups is 1. The van der Waals surface area contributed by atoms with Crippen LogP contribution in [0.3, 0.4) is 0 Å². The van der Waals surface area contributed by atoms with Gasteiger partial charge in [0.1, 0.15) is 0 Å². The Morgan fingerprint density at radius 3 is 2.08 bits per heavy atom. The van der Waals surface area contributed by atoms with Crippen LogP contribution in [0.5, 0.6) is 0 Å². The number of rotatable bonds is 4. The Bertz CT molecular complexity index is 825. The molecule has 0 atom stereocenters. The minimum atomic E-state index is -3.33. The maximum Gasteiger partial charge on any atom is 0.314 e. The molecular formula is C19H22N2O3S. The number of nitrogens with two attached hydrogens (primary N) is 1. The molecular weight excluding hydrogens is 336 g/mol. The third-order valence-corrected chi connectivity index (χ3v) is 6.60. The predicted molar refractivity (Wildman–Crippen MR) is 97.8 cm³/mol. The number of amides is 2. The van der Waals surface area contributed by atoms with Crippen molar-refractivity contribution in [3.05, 3.63) is 54.6 Å². The number of hydrogen-bond acceptors (Lipinski definition) is 3. The summed E-state index contributed by atoms with van der Waals surface area (Å²) >= 11 is 0. The van der Waals surface area contributed by atoms with Crippen molar-refractivity contribution in [2.24, 2.45) is 11.7 Å². The molecule has 25 heavy (non-hydrogen) atoms. The smallest absolute Gasteiger partial charge is 0.314 e. The highest BCUT2D eigenvalue weighted by Gasteiger charge is 2.26. The number of benzene rings is 2. The van der Waals surface area contributed by atoms with E-state index < -0.39 is 15.9 Å². The molecule has 1 aliphatic rings. The van der Waals surface area contributed by atoms with Crippen LogP contribution in [0.1, 0.15) is 12.8 Å². The lowest BCUT2D eigenvalue weighted by Gasteiger charge is -2.30. The SMILES string of the molecule is NC(=O)N1CCC(CS(=O)(=O)c2ccc(-c3ccccc3)cc2)CC1. The number of sulfone groups is 1. The molecule has 132 valence electrons. The minimum absolute atomic E-state index is 0.0643. The van der Waals surface area contributed by atoms with Crippen molar-refractivity contribution in [2.45, 2.75) is 17.7 Å². The van der Waals surface area contributed by atoms with E-state index in [9.17, 15) is 13.2 Å². The molecule has 0 unspecified atom stereocenters. The maximum absolute atomic E-state index is 12.7. The summed E-state index contributed by atoms with van der Waals surface area (Å²) in [5.41, 5.74) is 7.32. The standard InChI is InChI=1S/C19H22N2O3S/c20-19(22)21-12-10-15(11-13-21)14-25(23,24)18-8-6-17(7-9-18)16-4-2-1-3-5-16/h1-9,15H,10-14H2,(H2,20,22). The molecule has 1 fully saturated rings. The molecule has 0 spiro atoms. The summed E-state index contributed by atoms with van der Waals surface area (Å²) in [5, 5.41) is 0. The second-order valence-corrected chi connectivity index (χ2v) is 8.47. The lowest BCUT2D eigenvalue weighted by molar-refractivity contribution is 0.183. The van der Waals surface area contributed by atoms with E-state index in [0.29, 0.717) is 30.8 Å². The number of hydrogen-bond donors (Lipinski definition) is 1. The molecule has 1 aliphatic heterocycles. The van der Waals surface area contributed by atoms with Crippen molar-refractivity contribution < 1.29 is 13.2 Å². The molecule has 0 aliphatic carbocycles. The van der Waals surface area contributed by atoms with E-state index in [2.05, 4.69) is 0 Å². The van der Waals surface area contributed by atoms with Crippen LogP contribution >= 0.6 is 0 Å². The molecule has 2 aromatic rings. The van der Waals surface area contributed by atoms with Crippen molar-refractivity contribution in [1.29, 1.82) is 0 Å². The van der Waals surface area contributed by atoms with Gasteiger partial charge in [0.05, 0.1) is 10.6 Å². The molecule has 0 radical (unpaired) electrons. The van der Waals surface area contributed by atoms with Crippen LogP contribution in [0.25, 0.3) is 11.1 Å². The molecule has 2 aromatic carbocycles. The molecule has 5 nitrogen and oxygen atoms in total. The molecule has 0 saturated carbocycles. The van der Waals surface area contributed by atoms with Crippen LogP contribution in [0.2, 0.25) is 0 Å². The Hall–Kier alpha value is -2.34. The lowest BCUT2D eigenvalue weighted by atomic mass is 9.99. The summed E-state index contributed by atoms with van der Waals surface area (Å²) in [7, 11) is -3.33. The second-order valence-electron chi connectivity index (χ2n) is 6.44. The van der Waals surface area contributed by atoms with Crippen molar-refractivity contribution in [2.75, 3.05) is 18.8 Å². The predicted octanol–water partition coefficient (Wildman–Crippen LogP) is 2.92. The van der Waals surface area contributed by atoms with Gasteiger partial charge >= 0.3 is 6.03 Å². The van der Waals surface area contributed by atoms with Crippen LogP contribution in [0.15, 0.2) is 59.5 Å². The van der Waals surface area contributed by atoms with Gasteiger partial charge in [0.2, 0.25) is 0 Å². The van der Waals surface area contributed by atoms with E-state index in [1.54, 1.807) is 17.0 Å². The zero-order chi connectivity index (χ0) is 17.9. The Morgan fingerprint density at radius 1 is 0.960 bits per heavy atom. The zero-order valence-corrected chi connectivity index (χ0v) is 14.8. The monoisotopic (exact) mass is 358 g/mol. The van der Waals surface area contributed by atoms with E-state index in [-0.39, 0.29) is 11.7 Å². The first-order valence-corrected chi connectivity index (χ1v) is 10.0. The normalized spacial score (nSPS) is 15.9. The fraction of sp³-hybridized carbons (Fsp3) is 0.316. The molecule has 0 bridgehead atoms. The second kappa shape index (κ2) is 7.27. The van der Waals surface area contributed by atoms with E-state index in [1.807, 2.05) is 42.5 Å². The molecule has 1 heterocycles. The van der Waals surface area contributed by atoms with Gasteiger partial charge in [0.25, 0.3) is 0 Å². The first kappa shape index (κ1) is 17.5. The molecule has 1 saturated heterocycles. The fourth-order valence-corrected chi connectivity index (χ4v) is 4.91. The van der Waals surface area contributed by atoms with Crippen molar-refractivity contribution in [1.82, 2.24) is 4.90 Å². The average Bonchev–Trinajstić information content (AvgIpc) is 2.63. The van der Waals surface area contributed by atoms with E-state index in [0.717, 1.165) is 11.1 Å². The van der Waals surface area contributed by atoms with E-state index in [1.165, 1.54) is 0 Å². The van der Waals surface area contributed by atoms with Crippen molar-refractivity contribution >= 4 is 15.9 Å². The average molecular weight is 358 g/mol. The van der Waals surface area contributed by atoms with Gasteiger partial charge in [0, 0.05) is 13.1 Å². The topological polar surface area (TPSA) is 80.5 Å². The third kappa shape index (κ3) is 4.20. The van der Waals surface area contributed by atoms with Gasteiger partial charge in [-0.2, -0.15) is 0 Å². The maximum atomic E-state index is 12.7. The lowest BCUT2D eigenvalue weighted by Crippen LogP contribution is -2.42. The highest BCUT2D eigenvalue weighted by molar-refractivity contribution is 7.91. The Labute approximate surface area is 148 Å². The summed E-state index contributed by atoms with van der Waals surface area (Å²) in [6.45, 7) is 1.06. The van der Waals surface area contributed by atoms with Crippen LogP contribution < -0.4 is 5.73 Å². The largest absolute Gasteiger partial charge is 0.351 e. The third-order valence-electron chi connectivity index (χ3n) is 4.70. The molecule has 2 amide bonds. The number of carbonyl (C=O) groups excluding carboxylic acids is 1. The van der Waals surface area contributed by atoms with Gasteiger partial charge in [-0.1, -0.05) is 42.5 Å². The summed E-state index contributed by atoms with van der Waals surface area (Å²) in [6, 6.07) is 16.5. The number of urea groups is 1. The molecule has 3 rings (SSSR count). The first-order chi connectivity index (χ1) is 12.0. The Balaban J connectivity index is 1.67. The van der Waals surface area contributed by atoms with Gasteiger partial charge in [-0.15, -0.1) is 0 Å². The van der Waals surface area contributed by atoms with Crippen molar-refractivity contribution in [3.63, 3.8) is 0 Å². The van der Waals surface area contributed by atoms with Gasteiger partial charge < -0.3 is 10.6 Å². The van der Waals surface area contributed by atoms with Crippen LogP contribution in [-0.4, -0.2) is 38.2 Å². The fourth-order valence-electron chi connectivity index (χ4n) is 3.21. The van der Waals surface area contributed by atoms with Gasteiger partial charge in [-0.25, -0.2) is 13.2 Å². The molecule has 2 N–H and O–H groups in total. The highest BCUT2D eigenvalue weighted by Crippen LogP contribution is 2.25. The number of piperidine rings is 1. The van der Waals surface area contributed by atoms with E-state index in [4.69, 9.17) is 5.73 Å². The zero-order valence-electron chi connectivity index (χ0n) is 14.0. The van der Waals surface area contributed by atoms with Gasteiger partial charge in [-0.05, 0) is 42.0 Å². The van der Waals surface area contributed by atoms with Crippen LogP contribution in [-0.2, 0) is 9.84 Å². The molecule has 0 aromatic heterocycles. The van der Waals surface area contributed by atoms with E-state index >= 15 is 0 Å². The first-order valence-electron chi connectivity index (χ1n) is 8.38.